The Balaban J connectivity index is 1.49. The van der Waals surface area contributed by atoms with Crippen molar-refractivity contribution in [2.75, 3.05) is 47.1 Å². The van der Waals surface area contributed by atoms with Crippen molar-refractivity contribution >= 4 is 23.9 Å². The van der Waals surface area contributed by atoms with Crippen LogP contribution in [0.15, 0.2) is 18.2 Å². The van der Waals surface area contributed by atoms with Gasteiger partial charge in [-0.2, -0.15) is 0 Å². The minimum Gasteiger partial charge on any atom is -0.493 e. The molecule has 1 aromatic carbocycles. The van der Waals surface area contributed by atoms with Crippen molar-refractivity contribution in [1.29, 1.82) is 0 Å². The molecular weight excluding hydrogens is 394 g/mol. The first-order valence-electron chi connectivity index (χ1n) is 9.70. The number of fused-ring (bicyclic) bond motifs is 1. The molecular formula is C21H25NO8. The normalized spacial score (nSPS) is 16.3. The largest absolute Gasteiger partial charge is 0.493 e. The van der Waals surface area contributed by atoms with Gasteiger partial charge in [0.25, 0.3) is 5.91 Å². The molecule has 0 radical (unpaired) electrons. The Morgan fingerprint density at radius 1 is 1.13 bits per heavy atom. The number of nitrogens with zero attached hydrogens (tertiary/aromatic N) is 1. The van der Waals surface area contributed by atoms with Gasteiger partial charge in [0.1, 0.15) is 13.2 Å². The number of amides is 1. The molecule has 9 nitrogen and oxygen atoms in total. The number of piperidine rings is 1. The Bertz CT molecular complexity index is 809. The van der Waals surface area contributed by atoms with Crippen LogP contribution in [0.2, 0.25) is 0 Å². The van der Waals surface area contributed by atoms with Gasteiger partial charge in [0.15, 0.2) is 18.1 Å². The highest BCUT2D eigenvalue weighted by Crippen LogP contribution is 2.40. The molecule has 0 aromatic heterocycles. The molecule has 0 N–H and O–H groups in total. The fourth-order valence-corrected chi connectivity index (χ4v) is 3.36. The summed E-state index contributed by atoms with van der Waals surface area (Å²) in [6.45, 7) is 1.39. The van der Waals surface area contributed by atoms with E-state index in [1.807, 2.05) is 0 Å². The average Bonchev–Trinajstić information content (AvgIpc) is 2.80. The Morgan fingerprint density at radius 2 is 1.87 bits per heavy atom. The smallest absolute Gasteiger partial charge is 0.331 e. The molecule has 3 rings (SSSR count). The first kappa shape index (κ1) is 21.5. The van der Waals surface area contributed by atoms with Gasteiger partial charge in [-0.25, -0.2) is 4.79 Å². The first-order chi connectivity index (χ1) is 14.5. The van der Waals surface area contributed by atoms with Crippen LogP contribution >= 0.6 is 0 Å². The van der Waals surface area contributed by atoms with Gasteiger partial charge >= 0.3 is 11.9 Å². The topological polar surface area (TPSA) is 101 Å². The number of likely N-dealkylation sites (tertiary alicyclic amines) is 1. The Kier molecular flexibility index (Phi) is 7.16. The van der Waals surface area contributed by atoms with Crippen LogP contribution in [-0.2, 0) is 23.9 Å². The maximum atomic E-state index is 12.2. The van der Waals surface area contributed by atoms with Crippen LogP contribution < -0.4 is 14.2 Å². The van der Waals surface area contributed by atoms with Crippen molar-refractivity contribution in [1.82, 2.24) is 4.90 Å². The number of carbonyl (C=O) groups excluding carboxylic acids is 3. The number of rotatable bonds is 6. The van der Waals surface area contributed by atoms with Crippen LogP contribution in [-0.4, -0.2) is 69.9 Å². The first-order valence-corrected chi connectivity index (χ1v) is 9.70. The van der Waals surface area contributed by atoms with Gasteiger partial charge < -0.3 is 28.6 Å². The lowest BCUT2D eigenvalue weighted by molar-refractivity contribution is -0.151. The van der Waals surface area contributed by atoms with Crippen molar-refractivity contribution in [3.05, 3.63) is 23.8 Å². The quantitative estimate of drug-likeness (QED) is 0.504. The lowest BCUT2D eigenvalue weighted by Crippen LogP contribution is -2.42. The minimum atomic E-state index is -0.637. The molecule has 1 aromatic rings. The molecule has 162 valence electrons. The summed E-state index contributed by atoms with van der Waals surface area (Å²) in [5.74, 6) is 0.208. The zero-order chi connectivity index (χ0) is 21.5. The van der Waals surface area contributed by atoms with Gasteiger partial charge in [0, 0.05) is 19.2 Å². The molecule has 0 aliphatic carbocycles. The summed E-state index contributed by atoms with van der Waals surface area (Å²) in [7, 11) is 2.88. The number of esters is 2. The van der Waals surface area contributed by atoms with Gasteiger partial charge in [-0.05, 0) is 36.6 Å². The van der Waals surface area contributed by atoms with Crippen LogP contribution in [0.4, 0.5) is 0 Å². The highest BCUT2D eigenvalue weighted by molar-refractivity contribution is 5.89. The third-order valence-corrected chi connectivity index (χ3v) is 4.98. The maximum Gasteiger partial charge on any atom is 0.331 e. The number of carbonyl (C=O) groups is 3. The molecule has 0 unspecified atom stereocenters. The highest BCUT2D eigenvalue weighted by Gasteiger charge is 2.28. The third kappa shape index (κ3) is 5.22. The van der Waals surface area contributed by atoms with E-state index < -0.39 is 5.97 Å². The molecule has 2 heterocycles. The molecule has 0 atom stereocenters. The van der Waals surface area contributed by atoms with E-state index in [1.54, 1.807) is 23.1 Å². The molecule has 0 bridgehead atoms. The van der Waals surface area contributed by atoms with E-state index in [2.05, 4.69) is 0 Å². The summed E-state index contributed by atoms with van der Waals surface area (Å²) >= 11 is 0. The summed E-state index contributed by atoms with van der Waals surface area (Å²) in [5.41, 5.74) is 0.671. The fourth-order valence-electron chi connectivity index (χ4n) is 3.36. The van der Waals surface area contributed by atoms with Crippen molar-refractivity contribution in [2.45, 2.75) is 12.8 Å². The van der Waals surface area contributed by atoms with E-state index in [1.165, 1.54) is 20.3 Å². The molecule has 30 heavy (non-hydrogen) atoms. The molecule has 1 fully saturated rings. The SMILES string of the molecule is COC(=O)C1CCN(C(=O)COC(=O)/C=C/c2cc(OC)c3c(c2)OCCO3)CC1. The molecule has 0 saturated carbocycles. The van der Waals surface area contributed by atoms with Gasteiger partial charge in [-0.1, -0.05) is 0 Å². The van der Waals surface area contributed by atoms with E-state index in [0.29, 0.717) is 62.0 Å². The summed E-state index contributed by atoms with van der Waals surface area (Å²) in [5, 5.41) is 0. The van der Waals surface area contributed by atoms with Gasteiger partial charge in [-0.3, -0.25) is 9.59 Å². The number of benzene rings is 1. The summed E-state index contributed by atoms with van der Waals surface area (Å²) in [4.78, 5) is 37.4. The van der Waals surface area contributed by atoms with E-state index in [-0.39, 0.29) is 24.4 Å². The number of ether oxygens (including phenoxy) is 5. The van der Waals surface area contributed by atoms with Crippen molar-refractivity contribution < 1.29 is 38.1 Å². The number of hydrogen-bond acceptors (Lipinski definition) is 8. The molecule has 2 aliphatic rings. The summed E-state index contributed by atoms with van der Waals surface area (Å²) in [6.07, 6.45) is 3.87. The third-order valence-electron chi connectivity index (χ3n) is 4.98. The van der Waals surface area contributed by atoms with E-state index in [4.69, 9.17) is 23.7 Å². The van der Waals surface area contributed by atoms with Crippen molar-refractivity contribution in [3.8, 4) is 17.2 Å². The average molecular weight is 419 g/mol. The fraction of sp³-hybridized carbons (Fsp3) is 0.476. The van der Waals surface area contributed by atoms with Crippen LogP contribution in [0.3, 0.4) is 0 Å². The van der Waals surface area contributed by atoms with Gasteiger partial charge in [0.05, 0.1) is 20.1 Å². The van der Waals surface area contributed by atoms with E-state index >= 15 is 0 Å². The van der Waals surface area contributed by atoms with Crippen LogP contribution in [0, 0.1) is 5.92 Å². The second kappa shape index (κ2) is 10.00. The lowest BCUT2D eigenvalue weighted by Gasteiger charge is -2.30. The summed E-state index contributed by atoms with van der Waals surface area (Å²) < 4.78 is 26.2. The Morgan fingerprint density at radius 3 is 2.57 bits per heavy atom. The standard InChI is InChI=1S/C21H25NO8/c1-26-16-11-14(12-17-20(16)29-10-9-28-17)3-4-19(24)30-13-18(23)22-7-5-15(6-8-22)21(25)27-2/h3-4,11-12,15H,5-10,13H2,1-2H3/b4-3+. The molecule has 9 heteroatoms. The van der Waals surface area contributed by atoms with Crippen molar-refractivity contribution in [3.63, 3.8) is 0 Å². The molecule has 1 saturated heterocycles. The molecule has 1 amide bonds. The van der Waals surface area contributed by atoms with Crippen molar-refractivity contribution in [2.24, 2.45) is 5.92 Å². The lowest BCUT2D eigenvalue weighted by atomic mass is 9.97. The van der Waals surface area contributed by atoms with Crippen LogP contribution in [0.25, 0.3) is 6.08 Å². The van der Waals surface area contributed by atoms with E-state index in [0.717, 1.165) is 0 Å². The Hall–Kier alpha value is -3.23. The van der Waals surface area contributed by atoms with Crippen LogP contribution in [0.1, 0.15) is 18.4 Å². The van der Waals surface area contributed by atoms with Gasteiger partial charge in [0.2, 0.25) is 5.75 Å². The predicted octanol–water partition coefficient (Wildman–Crippen LogP) is 1.43. The number of methoxy groups -OCH3 is 2. The second-order valence-electron chi connectivity index (χ2n) is 6.87. The maximum absolute atomic E-state index is 12.2. The zero-order valence-electron chi connectivity index (χ0n) is 17.0. The minimum absolute atomic E-state index is 0.187. The molecule has 2 aliphatic heterocycles. The van der Waals surface area contributed by atoms with Crippen LogP contribution in [0.5, 0.6) is 17.2 Å². The zero-order valence-corrected chi connectivity index (χ0v) is 17.0. The highest BCUT2D eigenvalue weighted by atomic mass is 16.6. The molecule has 0 spiro atoms. The van der Waals surface area contributed by atoms with E-state index in [9.17, 15) is 14.4 Å². The predicted molar refractivity (Wildman–Crippen MR) is 105 cm³/mol. The number of hydrogen-bond donors (Lipinski definition) is 0. The summed E-state index contributed by atoms with van der Waals surface area (Å²) in [6, 6.07) is 3.45. The monoisotopic (exact) mass is 419 g/mol. The Labute approximate surface area is 174 Å². The second-order valence-corrected chi connectivity index (χ2v) is 6.87. The van der Waals surface area contributed by atoms with Gasteiger partial charge in [-0.15, -0.1) is 0 Å².